The van der Waals surface area contributed by atoms with Crippen molar-refractivity contribution in [3.8, 4) is 6.07 Å². The van der Waals surface area contributed by atoms with Gasteiger partial charge < -0.3 is 4.90 Å². The van der Waals surface area contributed by atoms with Crippen LogP contribution in [0.3, 0.4) is 0 Å². The molecule has 0 amide bonds. The second-order valence-corrected chi connectivity index (χ2v) is 7.85. The fraction of sp³-hybridized carbons (Fsp3) is 0.950. The van der Waals surface area contributed by atoms with Gasteiger partial charge in [0.2, 0.25) is 0 Å². The number of piperidine rings is 1. The van der Waals surface area contributed by atoms with Crippen molar-refractivity contribution >= 4 is 0 Å². The standard InChI is InChI=1S/C20H36N2/c1-3-5-6-7-18-10-15-22(16-11-18)19-8-13-20(17-21,12-4-2)14-9-19/h18-19H,3-16H2,1-2H3/t19-,20-. The minimum atomic E-state index is 0.0176. The van der Waals surface area contributed by atoms with Crippen molar-refractivity contribution in [3.05, 3.63) is 0 Å². The average Bonchev–Trinajstić information content (AvgIpc) is 2.57. The van der Waals surface area contributed by atoms with Gasteiger partial charge in [-0.3, -0.25) is 0 Å². The molecule has 1 saturated heterocycles. The van der Waals surface area contributed by atoms with Crippen LogP contribution < -0.4 is 0 Å². The molecule has 0 radical (unpaired) electrons. The Morgan fingerprint density at radius 3 is 2.23 bits per heavy atom. The number of rotatable bonds is 7. The van der Waals surface area contributed by atoms with E-state index in [-0.39, 0.29) is 5.41 Å². The van der Waals surface area contributed by atoms with Gasteiger partial charge in [-0.1, -0.05) is 46.0 Å². The van der Waals surface area contributed by atoms with Crippen LogP contribution >= 0.6 is 0 Å². The highest BCUT2D eigenvalue weighted by atomic mass is 15.2. The Bertz CT molecular complexity index is 341. The normalized spacial score (nSPS) is 31.0. The third-order valence-corrected chi connectivity index (χ3v) is 6.26. The zero-order chi connectivity index (χ0) is 15.8. The summed E-state index contributed by atoms with van der Waals surface area (Å²) in [7, 11) is 0. The molecule has 0 bridgehead atoms. The molecule has 2 heteroatoms. The molecule has 0 unspecified atom stereocenters. The maximum atomic E-state index is 9.54. The number of hydrogen-bond donors (Lipinski definition) is 0. The van der Waals surface area contributed by atoms with E-state index in [9.17, 15) is 5.26 Å². The van der Waals surface area contributed by atoms with Crippen molar-refractivity contribution in [2.45, 2.75) is 96.9 Å². The largest absolute Gasteiger partial charge is 0.300 e. The molecule has 0 aromatic rings. The van der Waals surface area contributed by atoms with Gasteiger partial charge in [0.25, 0.3) is 0 Å². The molecule has 2 nitrogen and oxygen atoms in total. The second-order valence-electron chi connectivity index (χ2n) is 7.85. The van der Waals surface area contributed by atoms with Crippen molar-refractivity contribution in [1.82, 2.24) is 4.90 Å². The van der Waals surface area contributed by atoms with E-state index in [2.05, 4.69) is 24.8 Å². The van der Waals surface area contributed by atoms with Crippen LogP contribution in [0.1, 0.15) is 90.9 Å². The Morgan fingerprint density at radius 2 is 1.68 bits per heavy atom. The van der Waals surface area contributed by atoms with Crippen LogP contribution in [0.15, 0.2) is 0 Å². The van der Waals surface area contributed by atoms with Crippen LogP contribution in [-0.2, 0) is 0 Å². The predicted octanol–water partition coefficient (Wildman–Crippen LogP) is 5.53. The Hall–Kier alpha value is -0.550. The molecule has 1 saturated carbocycles. The van der Waals surface area contributed by atoms with Gasteiger partial charge in [-0.05, 0) is 64.0 Å². The fourth-order valence-electron chi connectivity index (χ4n) is 4.71. The summed E-state index contributed by atoms with van der Waals surface area (Å²) in [6.07, 6.45) is 15.5. The van der Waals surface area contributed by atoms with E-state index >= 15 is 0 Å². The van der Waals surface area contributed by atoms with Crippen LogP contribution in [0.5, 0.6) is 0 Å². The van der Waals surface area contributed by atoms with E-state index in [1.54, 1.807) is 0 Å². The number of likely N-dealkylation sites (tertiary alicyclic amines) is 1. The summed E-state index contributed by atoms with van der Waals surface area (Å²) >= 11 is 0. The molecule has 2 rings (SSSR count). The van der Waals surface area contributed by atoms with Crippen LogP contribution in [0.2, 0.25) is 0 Å². The zero-order valence-corrected chi connectivity index (χ0v) is 14.9. The van der Waals surface area contributed by atoms with Gasteiger partial charge in [0.1, 0.15) is 0 Å². The number of nitrogens with zero attached hydrogens (tertiary/aromatic N) is 2. The monoisotopic (exact) mass is 304 g/mol. The molecule has 0 atom stereocenters. The minimum Gasteiger partial charge on any atom is -0.300 e. The summed E-state index contributed by atoms with van der Waals surface area (Å²) in [5.41, 5.74) is 0.0176. The van der Waals surface area contributed by atoms with E-state index in [1.165, 1.54) is 64.5 Å². The van der Waals surface area contributed by atoms with Gasteiger partial charge in [0.05, 0.1) is 11.5 Å². The molecular weight excluding hydrogens is 268 g/mol. The van der Waals surface area contributed by atoms with Gasteiger partial charge in [-0.25, -0.2) is 0 Å². The van der Waals surface area contributed by atoms with Gasteiger partial charge >= 0.3 is 0 Å². The SMILES string of the molecule is CCCCCC1CCN([C@H]2CC[C@@](C#N)(CCC)CC2)CC1. The highest BCUT2D eigenvalue weighted by molar-refractivity contribution is 5.02. The minimum absolute atomic E-state index is 0.0176. The molecule has 22 heavy (non-hydrogen) atoms. The summed E-state index contributed by atoms with van der Waals surface area (Å²) in [5, 5.41) is 9.54. The Kier molecular flexibility index (Phi) is 7.22. The number of unbranched alkanes of at least 4 members (excludes halogenated alkanes) is 2. The first-order valence-corrected chi connectivity index (χ1v) is 9.88. The maximum absolute atomic E-state index is 9.54. The van der Waals surface area contributed by atoms with Gasteiger partial charge in [0.15, 0.2) is 0 Å². The highest BCUT2D eigenvalue weighted by Crippen LogP contribution is 2.41. The van der Waals surface area contributed by atoms with Crippen molar-refractivity contribution in [1.29, 1.82) is 5.26 Å². The van der Waals surface area contributed by atoms with Crippen LogP contribution in [-0.4, -0.2) is 24.0 Å². The average molecular weight is 305 g/mol. The third-order valence-electron chi connectivity index (χ3n) is 6.26. The number of nitriles is 1. The lowest BCUT2D eigenvalue weighted by atomic mass is 9.70. The first-order chi connectivity index (χ1) is 10.7. The summed E-state index contributed by atoms with van der Waals surface area (Å²) in [6.45, 7) is 7.14. The van der Waals surface area contributed by atoms with Gasteiger partial charge in [-0.2, -0.15) is 5.26 Å². The Labute approximate surface area is 138 Å². The lowest BCUT2D eigenvalue weighted by molar-refractivity contribution is 0.0760. The lowest BCUT2D eigenvalue weighted by Crippen LogP contribution is -2.44. The van der Waals surface area contributed by atoms with Crippen molar-refractivity contribution in [3.63, 3.8) is 0 Å². The molecular formula is C20H36N2. The maximum Gasteiger partial charge on any atom is 0.0689 e. The smallest absolute Gasteiger partial charge is 0.0689 e. The van der Waals surface area contributed by atoms with Gasteiger partial charge in [-0.15, -0.1) is 0 Å². The molecule has 0 N–H and O–H groups in total. The molecule has 0 aromatic heterocycles. The van der Waals surface area contributed by atoms with Crippen molar-refractivity contribution in [2.75, 3.05) is 13.1 Å². The van der Waals surface area contributed by atoms with E-state index in [0.717, 1.165) is 37.6 Å². The van der Waals surface area contributed by atoms with E-state index in [1.807, 2.05) is 0 Å². The summed E-state index contributed by atoms with van der Waals surface area (Å²) < 4.78 is 0. The highest BCUT2D eigenvalue weighted by Gasteiger charge is 2.37. The summed E-state index contributed by atoms with van der Waals surface area (Å²) in [6, 6.07) is 3.43. The van der Waals surface area contributed by atoms with Crippen molar-refractivity contribution < 1.29 is 0 Å². The van der Waals surface area contributed by atoms with Crippen LogP contribution in [0.25, 0.3) is 0 Å². The lowest BCUT2D eigenvalue weighted by Gasteiger charge is -2.43. The first kappa shape index (κ1) is 17.8. The summed E-state index contributed by atoms with van der Waals surface area (Å²) in [5.74, 6) is 0.990. The quantitative estimate of drug-likeness (QED) is 0.578. The molecule has 2 aliphatic rings. The van der Waals surface area contributed by atoms with E-state index in [4.69, 9.17) is 0 Å². The third kappa shape index (κ3) is 4.72. The molecule has 0 aromatic carbocycles. The molecule has 2 fully saturated rings. The molecule has 1 heterocycles. The zero-order valence-electron chi connectivity index (χ0n) is 14.9. The number of hydrogen-bond acceptors (Lipinski definition) is 2. The Balaban J connectivity index is 1.71. The molecule has 0 spiro atoms. The van der Waals surface area contributed by atoms with Crippen molar-refractivity contribution in [2.24, 2.45) is 11.3 Å². The predicted molar refractivity (Wildman–Crippen MR) is 93.6 cm³/mol. The Morgan fingerprint density at radius 1 is 1.00 bits per heavy atom. The van der Waals surface area contributed by atoms with Gasteiger partial charge in [0, 0.05) is 6.04 Å². The first-order valence-electron chi connectivity index (χ1n) is 9.88. The van der Waals surface area contributed by atoms with E-state index < -0.39 is 0 Å². The van der Waals surface area contributed by atoms with E-state index in [0.29, 0.717) is 0 Å². The summed E-state index contributed by atoms with van der Waals surface area (Å²) in [4.78, 5) is 2.75. The fourth-order valence-corrected chi connectivity index (χ4v) is 4.71. The van der Waals surface area contributed by atoms with Crippen LogP contribution in [0, 0.1) is 22.7 Å². The second kappa shape index (κ2) is 8.92. The molecule has 126 valence electrons. The molecule has 1 aliphatic heterocycles. The van der Waals surface area contributed by atoms with Crippen LogP contribution in [0.4, 0.5) is 0 Å². The topological polar surface area (TPSA) is 27.0 Å². The molecule has 1 aliphatic carbocycles.